The van der Waals surface area contributed by atoms with Crippen LogP contribution in [-0.4, -0.2) is 80.5 Å². The number of ether oxygens (including phenoxy) is 1. The van der Waals surface area contributed by atoms with Gasteiger partial charge in [-0.15, -0.1) is 0 Å². The molecule has 4 heterocycles. The number of fused-ring (bicyclic) bond motifs is 2. The summed E-state index contributed by atoms with van der Waals surface area (Å²) < 4.78 is 29.0. The van der Waals surface area contributed by atoms with Gasteiger partial charge in [0.1, 0.15) is 24.6 Å². The molecule has 210 valence electrons. The Kier molecular flexibility index (Phi) is 8.40. The minimum Gasteiger partial charge on any atom is -0.387 e. The third-order valence-corrected chi connectivity index (χ3v) is 7.71. The number of imidazole rings is 1. The summed E-state index contributed by atoms with van der Waals surface area (Å²) in [6.07, 6.45) is 2.76. The molecule has 1 amide bonds. The number of hydrogen-bond donors (Lipinski definition) is 5. The molecule has 1 unspecified atom stereocenters. The van der Waals surface area contributed by atoms with Crippen molar-refractivity contribution in [3.63, 3.8) is 0 Å². The normalized spacial score (nSPS) is 26.3. The van der Waals surface area contributed by atoms with Crippen molar-refractivity contribution in [2.75, 3.05) is 37.4 Å². The average molecular weight is 562 g/mol. The molecule has 2 fully saturated rings. The number of aliphatic hydroxyl groups excluding tert-OH is 1. The summed E-state index contributed by atoms with van der Waals surface area (Å²) in [6.45, 7) is 1.11. The zero-order valence-corrected chi connectivity index (χ0v) is 22.3. The fourth-order valence-corrected chi connectivity index (χ4v) is 5.70. The van der Waals surface area contributed by atoms with E-state index in [2.05, 4.69) is 30.9 Å². The topological polar surface area (TPSA) is 182 Å². The van der Waals surface area contributed by atoms with E-state index in [1.54, 1.807) is 17.7 Å². The van der Waals surface area contributed by atoms with E-state index in [0.717, 1.165) is 31.4 Å². The number of hydrogen-bond acceptors (Lipinski definition) is 11. The first-order valence-electron chi connectivity index (χ1n) is 12.8. The molecule has 15 heteroatoms. The third kappa shape index (κ3) is 6.06. The number of benzene rings is 1. The Morgan fingerprint density at radius 1 is 1.15 bits per heavy atom. The molecule has 2 aromatic heterocycles. The number of amides is 1. The van der Waals surface area contributed by atoms with E-state index in [4.69, 9.17) is 13.8 Å². The molecule has 0 saturated carbocycles. The Labute approximate surface area is 224 Å². The molecule has 2 aliphatic rings. The summed E-state index contributed by atoms with van der Waals surface area (Å²) >= 11 is 0. The number of unbranched alkanes of at least 4 members (excludes halogenated alkanes) is 3. The number of aliphatic hydroxyl groups is 1. The van der Waals surface area contributed by atoms with Gasteiger partial charge in [-0.25, -0.2) is 19.5 Å². The number of carbonyl (C=O) groups is 1. The fraction of sp³-hybridized carbons (Fsp3) is 0.500. The van der Waals surface area contributed by atoms with Crippen LogP contribution in [0.25, 0.3) is 11.2 Å². The zero-order valence-electron chi connectivity index (χ0n) is 21.4. The molecule has 5 N–H and O–H groups in total. The molecule has 0 radical (unpaired) electrons. The lowest BCUT2D eigenvalue weighted by Crippen LogP contribution is -2.39. The second-order valence-corrected chi connectivity index (χ2v) is 10.7. The summed E-state index contributed by atoms with van der Waals surface area (Å²) in [5, 5.41) is 20.0. The number of nitrogens with zero attached hydrogens (tertiary/aromatic N) is 4. The number of carbonyl (C=O) groups excluding carboxylic acids is 1. The highest BCUT2D eigenvalue weighted by Gasteiger charge is 2.52. The van der Waals surface area contributed by atoms with Crippen molar-refractivity contribution in [2.45, 2.75) is 50.2 Å². The van der Waals surface area contributed by atoms with Crippen LogP contribution in [0, 0.1) is 0 Å². The van der Waals surface area contributed by atoms with E-state index in [9.17, 15) is 19.4 Å². The second-order valence-electron chi connectivity index (χ2n) is 9.33. The van der Waals surface area contributed by atoms with Gasteiger partial charge in [0, 0.05) is 25.8 Å². The smallest absolute Gasteiger partial charge is 0.387 e. The molecular weight excluding hydrogens is 529 g/mol. The summed E-state index contributed by atoms with van der Waals surface area (Å²) in [5.41, 5.74) is 2.39. The maximum absolute atomic E-state index is 12.4. The van der Waals surface area contributed by atoms with E-state index >= 15 is 0 Å². The van der Waals surface area contributed by atoms with Gasteiger partial charge in [-0.05, 0) is 25.0 Å². The molecule has 5 atom stereocenters. The standard InChI is InChI=1S/C24H32N7O7P/c1-25-16-9-5-4-8-15(16)23(33)27-11-7-3-2-6-10-26-21-18-22(29-13-28-21)31(14-30-18)24-19(32)20-17(37-24)12-36-39(34,35)38-20/h4-5,8-9,13-14,17,19-20,24-25,32H,2-3,6-7,10-12H2,1H3,(H,27,33)(H,34,35)(H,26,28,29)/t17-,19-,20-,24-/m1/s1. The first-order valence-corrected chi connectivity index (χ1v) is 14.3. The highest BCUT2D eigenvalue weighted by Crippen LogP contribution is 2.52. The molecule has 0 bridgehead atoms. The van der Waals surface area contributed by atoms with Crippen molar-refractivity contribution in [1.82, 2.24) is 24.8 Å². The lowest BCUT2D eigenvalue weighted by atomic mass is 10.1. The Balaban J connectivity index is 1.08. The van der Waals surface area contributed by atoms with Crippen molar-refractivity contribution < 1.29 is 33.1 Å². The van der Waals surface area contributed by atoms with E-state index in [0.29, 0.717) is 35.6 Å². The molecule has 1 aromatic carbocycles. The molecule has 5 rings (SSSR count). The van der Waals surface area contributed by atoms with Crippen molar-refractivity contribution in [2.24, 2.45) is 0 Å². The van der Waals surface area contributed by atoms with Crippen molar-refractivity contribution in [1.29, 1.82) is 0 Å². The Hall–Kier alpha value is -3.13. The van der Waals surface area contributed by atoms with Crippen LogP contribution < -0.4 is 16.0 Å². The van der Waals surface area contributed by atoms with Crippen LogP contribution in [0.3, 0.4) is 0 Å². The zero-order chi connectivity index (χ0) is 27.4. The van der Waals surface area contributed by atoms with Crippen molar-refractivity contribution in [3.05, 3.63) is 42.5 Å². The highest BCUT2D eigenvalue weighted by molar-refractivity contribution is 7.47. The van der Waals surface area contributed by atoms with Crippen LogP contribution >= 0.6 is 7.82 Å². The van der Waals surface area contributed by atoms with Crippen LogP contribution in [0.15, 0.2) is 36.9 Å². The monoisotopic (exact) mass is 561 g/mol. The minimum absolute atomic E-state index is 0.0858. The first kappa shape index (κ1) is 27.4. The minimum atomic E-state index is -4.22. The summed E-state index contributed by atoms with van der Waals surface area (Å²) in [6, 6.07) is 7.40. The predicted molar refractivity (Wildman–Crippen MR) is 141 cm³/mol. The molecule has 0 aliphatic carbocycles. The van der Waals surface area contributed by atoms with E-state index < -0.39 is 32.4 Å². The van der Waals surface area contributed by atoms with Gasteiger partial charge in [-0.1, -0.05) is 25.0 Å². The first-order chi connectivity index (χ1) is 18.9. The number of phosphoric acid groups is 1. The summed E-state index contributed by atoms with van der Waals surface area (Å²) in [7, 11) is -2.43. The maximum Gasteiger partial charge on any atom is 0.472 e. The Morgan fingerprint density at radius 2 is 1.95 bits per heavy atom. The molecule has 0 spiro atoms. The number of para-hydroxylation sites is 1. The predicted octanol–water partition coefficient (Wildman–Crippen LogP) is 2.04. The van der Waals surface area contributed by atoms with Gasteiger partial charge in [0.05, 0.1) is 18.5 Å². The maximum atomic E-state index is 12.4. The van der Waals surface area contributed by atoms with Gasteiger partial charge < -0.3 is 30.7 Å². The summed E-state index contributed by atoms with van der Waals surface area (Å²) in [4.78, 5) is 35.0. The second kappa shape index (κ2) is 11.9. The number of rotatable bonds is 11. The number of nitrogens with one attached hydrogen (secondary N) is 3. The van der Waals surface area contributed by atoms with Gasteiger partial charge in [0.25, 0.3) is 5.91 Å². The van der Waals surface area contributed by atoms with Crippen LogP contribution in [0.5, 0.6) is 0 Å². The lowest BCUT2D eigenvalue weighted by molar-refractivity contribution is -0.0664. The molecule has 14 nitrogen and oxygen atoms in total. The Morgan fingerprint density at radius 3 is 2.77 bits per heavy atom. The number of anilines is 2. The lowest BCUT2D eigenvalue weighted by Gasteiger charge is -2.27. The number of aromatic nitrogens is 4. The van der Waals surface area contributed by atoms with Crippen LogP contribution in [0.2, 0.25) is 0 Å². The van der Waals surface area contributed by atoms with Gasteiger partial charge in [-0.2, -0.15) is 0 Å². The quantitative estimate of drug-likeness (QED) is 0.170. The Bertz CT molecular complexity index is 1360. The molecule has 2 saturated heterocycles. The fourth-order valence-electron chi connectivity index (χ4n) is 4.74. The number of phosphoric ester groups is 1. The van der Waals surface area contributed by atoms with Crippen LogP contribution in [-0.2, 0) is 18.3 Å². The van der Waals surface area contributed by atoms with Crippen LogP contribution in [0.1, 0.15) is 42.3 Å². The van der Waals surface area contributed by atoms with E-state index in [1.165, 1.54) is 12.7 Å². The SMILES string of the molecule is CNc1ccccc1C(=O)NCCCCCCNc1ncnc2c1ncn2[C@@H]1O[C@@H]2COP(=O)(O)O[C@H]2[C@H]1O. The highest BCUT2D eigenvalue weighted by atomic mass is 31.2. The third-order valence-electron chi connectivity index (χ3n) is 6.72. The van der Waals surface area contributed by atoms with Crippen LogP contribution in [0.4, 0.5) is 11.5 Å². The van der Waals surface area contributed by atoms with E-state index in [-0.39, 0.29) is 12.5 Å². The van der Waals surface area contributed by atoms with Crippen molar-refractivity contribution >= 4 is 36.4 Å². The molecule has 3 aromatic rings. The van der Waals surface area contributed by atoms with Crippen molar-refractivity contribution in [3.8, 4) is 0 Å². The van der Waals surface area contributed by atoms with Gasteiger partial charge in [0.2, 0.25) is 0 Å². The largest absolute Gasteiger partial charge is 0.472 e. The van der Waals surface area contributed by atoms with E-state index in [1.807, 2.05) is 18.2 Å². The van der Waals surface area contributed by atoms with Gasteiger partial charge in [-0.3, -0.25) is 18.4 Å². The summed E-state index contributed by atoms with van der Waals surface area (Å²) in [5.74, 6) is 0.468. The molecule has 2 aliphatic heterocycles. The molecular formula is C24H32N7O7P. The van der Waals surface area contributed by atoms with Gasteiger partial charge in [0.15, 0.2) is 23.2 Å². The average Bonchev–Trinajstić information content (AvgIpc) is 3.50. The molecule has 39 heavy (non-hydrogen) atoms. The van der Waals surface area contributed by atoms with Gasteiger partial charge >= 0.3 is 7.82 Å².